The second kappa shape index (κ2) is 8.60. The zero-order valence-corrected chi connectivity index (χ0v) is 18.9. The van der Waals surface area contributed by atoms with E-state index in [4.69, 9.17) is 14.2 Å². The summed E-state index contributed by atoms with van der Waals surface area (Å²) in [6, 6.07) is 6.01. The molecule has 1 saturated heterocycles. The van der Waals surface area contributed by atoms with Crippen molar-refractivity contribution in [1.29, 1.82) is 0 Å². The van der Waals surface area contributed by atoms with Gasteiger partial charge in [-0.3, -0.25) is 4.79 Å². The van der Waals surface area contributed by atoms with Gasteiger partial charge in [-0.15, -0.1) is 0 Å². The van der Waals surface area contributed by atoms with Crippen LogP contribution in [0.3, 0.4) is 0 Å². The number of likely N-dealkylation sites (tertiary alicyclic amines) is 1. The lowest BCUT2D eigenvalue weighted by atomic mass is 9.77. The van der Waals surface area contributed by atoms with Crippen LogP contribution in [0.5, 0.6) is 11.5 Å². The van der Waals surface area contributed by atoms with Crippen LogP contribution in [-0.4, -0.2) is 54.8 Å². The number of nitrogens with zero attached hydrogens (tertiary/aromatic N) is 1. The van der Waals surface area contributed by atoms with Crippen molar-refractivity contribution in [2.75, 3.05) is 26.3 Å². The number of fused-ring (bicyclic) bond motifs is 1. The van der Waals surface area contributed by atoms with Gasteiger partial charge in [0.05, 0.1) is 5.41 Å². The van der Waals surface area contributed by atoms with Crippen molar-refractivity contribution in [2.24, 2.45) is 0 Å². The molecule has 0 unspecified atom stereocenters. The van der Waals surface area contributed by atoms with E-state index in [2.05, 4.69) is 5.32 Å². The van der Waals surface area contributed by atoms with E-state index in [1.54, 1.807) is 4.90 Å². The van der Waals surface area contributed by atoms with Crippen LogP contribution in [0.1, 0.15) is 64.9 Å². The first kappa shape index (κ1) is 21.8. The molecule has 3 aliphatic rings. The van der Waals surface area contributed by atoms with Gasteiger partial charge in [-0.1, -0.05) is 18.9 Å². The fourth-order valence-electron chi connectivity index (χ4n) is 4.82. The molecule has 2 heterocycles. The molecule has 0 aromatic heterocycles. The molecule has 170 valence electrons. The summed E-state index contributed by atoms with van der Waals surface area (Å²) in [5.41, 5.74) is -0.00313. The maximum absolute atomic E-state index is 13.5. The number of piperidine rings is 1. The standard InChI is InChI=1S/C24H34N2O5/c1-23(2,3)31-22(28)26-12-8-18(9-13-26)25-21(27)24(10-4-5-11-24)17-6-7-19-20(16-17)30-15-14-29-19/h6-7,16,18H,4-5,8-15H2,1-3H3,(H,25,27). The second-order valence-corrected chi connectivity index (χ2v) is 9.86. The Balaban J connectivity index is 1.41. The van der Waals surface area contributed by atoms with Crippen molar-refractivity contribution in [3.05, 3.63) is 23.8 Å². The first-order chi connectivity index (χ1) is 14.8. The molecule has 1 saturated carbocycles. The minimum absolute atomic E-state index is 0.0703. The molecule has 1 aromatic rings. The SMILES string of the molecule is CC(C)(C)OC(=O)N1CCC(NC(=O)C2(c3ccc4c(c3)OCCO4)CCCC2)CC1. The molecule has 7 nitrogen and oxygen atoms in total. The number of hydrogen-bond acceptors (Lipinski definition) is 5. The van der Waals surface area contributed by atoms with Crippen LogP contribution in [0.15, 0.2) is 18.2 Å². The summed E-state index contributed by atoms with van der Waals surface area (Å²) in [6.45, 7) is 7.89. The van der Waals surface area contributed by atoms with Gasteiger partial charge in [0.1, 0.15) is 18.8 Å². The topological polar surface area (TPSA) is 77.1 Å². The molecular weight excluding hydrogens is 396 g/mol. The van der Waals surface area contributed by atoms with Crippen molar-refractivity contribution in [2.45, 2.75) is 76.4 Å². The molecule has 1 aromatic carbocycles. The molecule has 2 aliphatic heterocycles. The predicted molar refractivity (Wildman–Crippen MR) is 117 cm³/mol. The molecule has 7 heteroatoms. The maximum atomic E-state index is 13.5. The van der Waals surface area contributed by atoms with Crippen molar-refractivity contribution in [3.63, 3.8) is 0 Å². The normalized spacial score (nSPS) is 20.9. The lowest BCUT2D eigenvalue weighted by molar-refractivity contribution is -0.127. The van der Waals surface area contributed by atoms with Crippen LogP contribution < -0.4 is 14.8 Å². The average Bonchev–Trinajstić information content (AvgIpc) is 3.24. The van der Waals surface area contributed by atoms with Crippen LogP contribution in [0.2, 0.25) is 0 Å². The Morgan fingerprint density at radius 3 is 2.35 bits per heavy atom. The Morgan fingerprint density at radius 1 is 1.06 bits per heavy atom. The third-order valence-electron chi connectivity index (χ3n) is 6.47. The van der Waals surface area contributed by atoms with Crippen LogP contribution >= 0.6 is 0 Å². The fraction of sp³-hybridized carbons (Fsp3) is 0.667. The number of hydrogen-bond donors (Lipinski definition) is 1. The van der Waals surface area contributed by atoms with Gasteiger partial charge in [0.2, 0.25) is 5.91 Å². The van der Waals surface area contributed by atoms with E-state index in [-0.39, 0.29) is 18.0 Å². The molecule has 1 aliphatic carbocycles. The van der Waals surface area contributed by atoms with Gasteiger partial charge in [-0.05, 0) is 64.2 Å². The van der Waals surface area contributed by atoms with Gasteiger partial charge < -0.3 is 24.4 Å². The average molecular weight is 431 g/mol. The van der Waals surface area contributed by atoms with Crippen LogP contribution in [0.25, 0.3) is 0 Å². The van der Waals surface area contributed by atoms with Crippen molar-refractivity contribution in [3.8, 4) is 11.5 Å². The minimum Gasteiger partial charge on any atom is -0.486 e. The Kier molecular flexibility index (Phi) is 6.04. The highest BCUT2D eigenvalue weighted by Gasteiger charge is 2.44. The van der Waals surface area contributed by atoms with Crippen LogP contribution in [-0.2, 0) is 14.9 Å². The first-order valence-corrected chi connectivity index (χ1v) is 11.5. The molecule has 2 fully saturated rings. The van der Waals surface area contributed by atoms with Crippen molar-refractivity contribution in [1.82, 2.24) is 10.2 Å². The number of carbonyl (C=O) groups excluding carboxylic acids is 2. The van der Waals surface area contributed by atoms with E-state index in [9.17, 15) is 9.59 Å². The van der Waals surface area contributed by atoms with E-state index in [1.807, 2.05) is 39.0 Å². The molecule has 0 atom stereocenters. The van der Waals surface area contributed by atoms with Gasteiger partial charge in [-0.25, -0.2) is 4.79 Å². The first-order valence-electron chi connectivity index (χ1n) is 11.5. The quantitative estimate of drug-likeness (QED) is 0.790. The third-order valence-corrected chi connectivity index (χ3v) is 6.47. The number of rotatable bonds is 3. The molecule has 0 bridgehead atoms. The summed E-state index contributed by atoms with van der Waals surface area (Å²) in [5.74, 6) is 1.57. The van der Waals surface area contributed by atoms with Gasteiger partial charge >= 0.3 is 6.09 Å². The lowest BCUT2D eigenvalue weighted by Crippen LogP contribution is -2.52. The summed E-state index contributed by atoms with van der Waals surface area (Å²) in [4.78, 5) is 27.6. The number of amides is 2. The van der Waals surface area contributed by atoms with Crippen LogP contribution in [0, 0.1) is 0 Å². The van der Waals surface area contributed by atoms with Crippen LogP contribution in [0.4, 0.5) is 4.79 Å². The highest BCUT2D eigenvalue weighted by Crippen LogP contribution is 2.44. The summed E-state index contributed by atoms with van der Waals surface area (Å²) in [5, 5.41) is 3.30. The Labute approximate surface area is 184 Å². The second-order valence-electron chi connectivity index (χ2n) is 9.86. The fourth-order valence-corrected chi connectivity index (χ4v) is 4.82. The van der Waals surface area contributed by atoms with E-state index < -0.39 is 11.0 Å². The van der Waals surface area contributed by atoms with Gasteiger partial charge in [-0.2, -0.15) is 0 Å². The molecular formula is C24H34N2O5. The Bertz CT molecular complexity index is 818. The zero-order chi connectivity index (χ0) is 22.1. The molecule has 0 radical (unpaired) electrons. The maximum Gasteiger partial charge on any atom is 0.410 e. The van der Waals surface area contributed by atoms with Gasteiger partial charge in [0, 0.05) is 19.1 Å². The summed E-state index contributed by atoms with van der Waals surface area (Å²) < 4.78 is 16.9. The predicted octanol–water partition coefficient (Wildman–Crippen LogP) is 3.79. The highest BCUT2D eigenvalue weighted by molar-refractivity contribution is 5.89. The van der Waals surface area contributed by atoms with E-state index in [0.717, 1.165) is 55.6 Å². The van der Waals surface area contributed by atoms with Crippen molar-refractivity contribution >= 4 is 12.0 Å². The largest absolute Gasteiger partial charge is 0.486 e. The van der Waals surface area contributed by atoms with Gasteiger partial charge in [0.15, 0.2) is 11.5 Å². The van der Waals surface area contributed by atoms with Crippen molar-refractivity contribution < 1.29 is 23.8 Å². The number of nitrogens with one attached hydrogen (secondary N) is 1. The molecule has 0 spiro atoms. The summed E-state index contributed by atoms with van der Waals surface area (Å²) in [6.07, 6.45) is 4.97. The summed E-state index contributed by atoms with van der Waals surface area (Å²) >= 11 is 0. The van der Waals surface area contributed by atoms with Gasteiger partial charge in [0.25, 0.3) is 0 Å². The summed E-state index contributed by atoms with van der Waals surface area (Å²) in [7, 11) is 0. The van der Waals surface area contributed by atoms with E-state index in [1.165, 1.54) is 0 Å². The number of ether oxygens (including phenoxy) is 3. The van der Waals surface area contributed by atoms with E-state index >= 15 is 0 Å². The monoisotopic (exact) mass is 430 g/mol. The minimum atomic E-state index is -0.516. The molecule has 31 heavy (non-hydrogen) atoms. The van der Waals surface area contributed by atoms with E-state index in [0.29, 0.717) is 26.3 Å². The third kappa shape index (κ3) is 4.75. The Hall–Kier alpha value is -2.44. The molecule has 2 amide bonds. The number of benzene rings is 1. The number of carbonyl (C=O) groups is 2. The lowest BCUT2D eigenvalue weighted by Gasteiger charge is -2.36. The molecule has 4 rings (SSSR count). The highest BCUT2D eigenvalue weighted by atomic mass is 16.6. The zero-order valence-electron chi connectivity index (χ0n) is 18.9. The Morgan fingerprint density at radius 2 is 1.71 bits per heavy atom. The molecule has 1 N–H and O–H groups in total. The smallest absolute Gasteiger partial charge is 0.410 e.